The molecule has 0 N–H and O–H groups in total. The zero-order chi connectivity index (χ0) is 7.44. The summed E-state index contributed by atoms with van der Waals surface area (Å²) in [5.41, 5.74) is 0. The van der Waals surface area contributed by atoms with Crippen molar-refractivity contribution in [1.82, 2.24) is 0 Å². The Balaban J connectivity index is 3.58. The van der Waals surface area contributed by atoms with E-state index in [0.717, 1.165) is 12.3 Å². The standard InChI is InChI=1S/C8H17S/c1-5-8(9)7(4)6(2)3/h6-8H,5H2,1-4H3. The minimum atomic E-state index is 0.477. The SMILES string of the molecule is CCC([S])C(C)C(C)C. The molecule has 0 aliphatic rings. The summed E-state index contributed by atoms with van der Waals surface area (Å²) < 4.78 is 0. The van der Waals surface area contributed by atoms with Crippen molar-refractivity contribution in [3.63, 3.8) is 0 Å². The van der Waals surface area contributed by atoms with Crippen LogP contribution >= 0.6 is 12.6 Å². The van der Waals surface area contributed by atoms with Gasteiger partial charge >= 0.3 is 0 Å². The molecule has 0 heterocycles. The van der Waals surface area contributed by atoms with Gasteiger partial charge in [-0.1, -0.05) is 40.3 Å². The third kappa shape index (κ3) is 3.14. The molecule has 9 heavy (non-hydrogen) atoms. The van der Waals surface area contributed by atoms with E-state index in [9.17, 15) is 0 Å². The summed E-state index contributed by atoms with van der Waals surface area (Å²) >= 11 is 5.24. The van der Waals surface area contributed by atoms with Gasteiger partial charge in [0.1, 0.15) is 0 Å². The van der Waals surface area contributed by atoms with Crippen LogP contribution in [0.25, 0.3) is 0 Å². The van der Waals surface area contributed by atoms with E-state index in [1.807, 2.05) is 0 Å². The van der Waals surface area contributed by atoms with Crippen LogP contribution in [0.5, 0.6) is 0 Å². The molecule has 0 aromatic heterocycles. The monoisotopic (exact) mass is 145 g/mol. The van der Waals surface area contributed by atoms with Gasteiger partial charge in [-0.25, -0.2) is 0 Å². The lowest BCUT2D eigenvalue weighted by Gasteiger charge is -2.19. The van der Waals surface area contributed by atoms with Crippen LogP contribution in [0.3, 0.4) is 0 Å². The van der Waals surface area contributed by atoms with Gasteiger partial charge in [-0.2, -0.15) is 0 Å². The molecule has 0 fully saturated rings. The van der Waals surface area contributed by atoms with E-state index in [-0.39, 0.29) is 0 Å². The summed E-state index contributed by atoms with van der Waals surface area (Å²) in [6.45, 7) is 8.88. The number of hydrogen-bond donors (Lipinski definition) is 0. The van der Waals surface area contributed by atoms with E-state index in [2.05, 4.69) is 27.7 Å². The van der Waals surface area contributed by atoms with Gasteiger partial charge in [0.25, 0.3) is 0 Å². The van der Waals surface area contributed by atoms with Gasteiger partial charge < -0.3 is 0 Å². The predicted molar refractivity (Wildman–Crippen MR) is 45.7 cm³/mol. The second-order valence-corrected chi connectivity index (χ2v) is 3.66. The molecular formula is C8H17S. The zero-order valence-corrected chi connectivity index (χ0v) is 7.66. The maximum Gasteiger partial charge on any atom is 0.0177 e. The smallest absolute Gasteiger partial charge is 0.0177 e. The van der Waals surface area contributed by atoms with Crippen molar-refractivity contribution in [2.45, 2.75) is 39.4 Å². The molecule has 1 radical (unpaired) electrons. The molecule has 0 saturated carbocycles. The lowest BCUT2D eigenvalue weighted by atomic mass is 9.93. The molecule has 0 amide bonds. The quantitative estimate of drug-likeness (QED) is 0.572. The van der Waals surface area contributed by atoms with Gasteiger partial charge in [0, 0.05) is 5.25 Å². The molecule has 2 unspecified atom stereocenters. The number of rotatable bonds is 3. The second-order valence-electron chi connectivity index (χ2n) is 3.05. The summed E-state index contributed by atoms with van der Waals surface area (Å²) in [5.74, 6) is 1.44. The van der Waals surface area contributed by atoms with Crippen molar-refractivity contribution in [3.05, 3.63) is 0 Å². The lowest BCUT2D eigenvalue weighted by Crippen LogP contribution is -2.16. The molecular weight excluding hydrogens is 128 g/mol. The Morgan fingerprint density at radius 1 is 1.22 bits per heavy atom. The average Bonchev–Trinajstić information content (AvgIpc) is 1.84. The summed E-state index contributed by atoms with van der Waals surface area (Å²) in [5, 5.41) is 0.477. The maximum absolute atomic E-state index is 5.24. The Hall–Kier alpha value is 0.350. The molecule has 0 aromatic carbocycles. The fourth-order valence-corrected chi connectivity index (χ4v) is 1.12. The molecule has 0 spiro atoms. The highest BCUT2D eigenvalue weighted by Gasteiger charge is 2.14. The van der Waals surface area contributed by atoms with Gasteiger partial charge in [0.2, 0.25) is 0 Å². The van der Waals surface area contributed by atoms with Gasteiger partial charge in [0.05, 0.1) is 0 Å². The van der Waals surface area contributed by atoms with Crippen LogP contribution in [0, 0.1) is 11.8 Å². The van der Waals surface area contributed by atoms with E-state index in [1.165, 1.54) is 0 Å². The van der Waals surface area contributed by atoms with Crippen LogP contribution in [-0.4, -0.2) is 5.25 Å². The normalized spacial score (nSPS) is 18.0. The minimum Gasteiger partial charge on any atom is -0.0902 e. The van der Waals surface area contributed by atoms with Crippen molar-refractivity contribution in [3.8, 4) is 0 Å². The van der Waals surface area contributed by atoms with Gasteiger partial charge in [-0.15, -0.1) is 0 Å². The first kappa shape index (κ1) is 9.35. The molecule has 0 saturated heterocycles. The minimum absolute atomic E-state index is 0.477. The highest BCUT2D eigenvalue weighted by atomic mass is 32.1. The first-order chi connectivity index (χ1) is 4.09. The van der Waals surface area contributed by atoms with Gasteiger partial charge in [0.15, 0.2) is 0 Å². The molecule has 0 aliphatic carbocycles. The van der Waals surface area contributed by atoms with E-state index < -0.39 is 0 Å². The Morgan fingerprint density at radius 2 is 1.67 bits per heavy atom. The lowest BCUT2D eigenvalue weighted by molar-refractivity contribution is 0.401. The van der Waals surface area contributed by atoms with Gasteiger partial charge in [-0.05, 0) is 18.3 Å². The topological polar surface area (TPSA) is 0 Å². The van der Waals surface area contributed by atoms with Crippen molar-refractivity contribution in [2.75, 3.05) is 0 Å². The van der Waals surface area contributed by atoms with E-state index in [1.54, 1.807) is 0 Å². The molecule has 0 rings (SSSR count). The van der Waals surface area contributed by atoms with Crippen molar-refractivity contribution >= 4 is 12.6 Å². The van der Waals surface area contributed by atoms with Crippen LogP contribution in [0.15, 0.2) is 0 Å². The van der Waals surface area contributed by atoms with Gasteiger partial charge in [-0.3, -0.25) is 0 Å². The highest BCUT2D eigenvalue weighted by Crippen LogP contribution is 2.20. The summed E-state index contributed by atoms with van der Waals surface area (Å²) in [6.07, 6.45) is 1.13. The van der Waals surface area contributed by atoms with E-state index >= 15 is 0 Å². The largest absolute Gasteiger partial charge is 0.0902 e. The predicted octanol–water partition coefficient (Wildman–Crippen LogP) is 3.25. The maximum atomic E-state index is 5.24. The Morgan fingerprint density at radius 3 is 1.78 bits per heavy atom. The third-order valence-corrected chi connectivity index (χ3v) is 2.80. The zero-order valence-electron chi connectivity index (χ0n) is 6.85. The van der Waals surface area contributed by atoms with Crippen molar-refractivity contribution in [1.29, 1.82) is 0 Å². The fourth-order valence-electron chi connectivity index (χ4n) is 0.801. The second kappa shape index (κ2) is 4.21. The van der Waals surface area contributed by atoms with Crippen molar-refractivity contribution < 1.29 is 0 Å². The van der Waals surface area contributed by atoms with E-state index in [0.29, 0.717) is 11.2 Å². The molecule has 0 aliphatic heterocycles. The van der Waals surface area contributed by atoms with Crippen LogP contribution < -0.4 is 0 Å². The van der Waals surface area contributed by atoms with Crippen LogP contribution in [0.2, 0.25) is 0 Å². The molecule has 2 atom stereocenters. The first-order valence-electron chi connectivity index (χ1n) is 3.75. The van der Waals surface area contributed by atoms with Crippen LogP contribution in [-0.2, 0) is 0 Å². The molecule has 0 aromatic rings. The third-order valence-electron chi connectivity index (χ3n) is 2.04. The van der Waals surface area contributed by atoms with Crippen molar-refractivity contribution in [2.24, 2.45) is 11.8 Å². The number of hydrogen-bond acceptors (Lipinski definition) is 0. The molecule has 0 bridgehead atoms. The fraction of sp³-hybridized carbons (Fsp3) is 1.00. The Bertz CT molecular complexity index is 69.0. The highest BCUT2D eigenvalue weighted by molar-refractivity contribution is 7.81. The molecule has 55 valence electrons. The Labute approximate surface area is 64.4 Å². The summed E-state index contributed by atoms with van der Waals surface area (Å²) in [4.78, 5) is 0. The van der Waals surface area contributed by atoms with Crippen LogP contribution in [0.4, 0.5) is 0 Å². The first-order valence-corrected chi connectivity index (χ1v) is 4.22. The summed E-state index contributed by atoms with van der Waals surface area (Å²) in [6, 6.07) is 0. The average molecular weight is 145 g/mol. The molecule has 1 heteroatoms. The molecule has 0 nitrogen and oxygen atoms in total. The summed E-state index contributed by atoms with van der Waals surface area (Å²) in [7, 11) is 0. The Kier molecular flexibility index (Phi) is 4.37. The van der Waals surface area contributed by atoms with E-state index in [4.69, 9.17) is 12.6 Å². The van der Waals surface area contributed by atoms with Crippen LogP contribution in [0.1, 0.15) is 34.1 Å².